The van der Waals surface area contributed by atoms with Crippen LogP contribution in [-0.4, -0.2) is 48.6 Å². The lowest BCUT2D eigenvalue weighted by Gasteiger charge is -2.45. The lowest BCUT2D eigenvalue weighted by molar-refractivity contribution is 0.102. The standard InChI is InChI=1S/C16H28N4S/c1-12(2)17-9-14-10-18-16(21-14)20-8-6-15-13(11-20)5-4-7-19(15)3/h10,12-13,15,17H,4-9,11H2,1-3H3. The fourth-order valence-corrected chi connectivity index (χ4v) is 4.55. The highest BCUT2D eigenvalue weighted by Crippen LogP contribution is 2.33. The van der Waals surface area contributed by atoms with Gasteiger partial charge in [-0.3, -0.25) is 0 Å². The summed E-state index contributed by atoms with van der Waals surface area (Å²) in [6.45, 7) is 8.95. The third kappa shape index (κ3) is 3.58. The largest absolute Gasteiger partial charge is 0.348 e. The van der Waals surface area contributed by atoms with Crippen LogP contribution < -0.4 is 10.2 Å². The Balaban J connectivity index is 1.60. The molecule has 0 radical (unpaired) electrons. The van der Waals surface area contributed by atoms with Gasteiger partial charge in [-0.1, -0.05) is 13.8 Å². The molecule has 2 aliphatic rings. The molecule has 5 heteroatoms. The van der Waals surface area contributed by atoms with Crippen molar-refractivity contribution in [1.29, 1.82) is 0 Å². The van der Waals surface area contributed by atoms with E-state index in [0.29, 0.717) is 6.04 Å². The van der Waals surface area contributed by atoms with Crippen LogP contribution in [0.5, 0.6) is 0 Å². The van der Waals surface area contributed by atoms with Gasteiger partial charge in [0, 0.05) is 42.8 Å². The third-order valence-electron chi connectivity index (χ3n) is 4.84. The van der Waals surface area contributed by atoms with Gasteiger partial charge in [0.1, 0.15) is 0 Å². The number of anilines is 1. The first-order valence-electron chi connectivity index (χ1n) is 8.26. The van der Waals surface area contributed by atoms with Crippen molar-refractivity contribution >= 4 is 16.5 Å². The molecule has 2 aliphatic heterocycles. The molecule has 2 saturated heterocycles. The fourth-order valence-electron chi connectivity index (χ4n) is 3.66. The Morgan fingerprint density at radius 1 is 1.38 bits per heavy atom. The first-order valence-corrected chi connectivity index (χ1v) is 9.08. The monoisotopic (exact) mass is 308 g/mol. The average Bonchev–Trinajstić information content (AvgIpc) is 2.94. The van der Waals surface area contributed by atoms with Gasteiger partial charge in [0.2, 0.25) is 0 Å². The van der Waals surface area contributed by atoms with Gasteiger partial charge in [-0.2, -0.15) is 0 Å². The number of nitrogens with zero attached hydrogens (tertiary/aromatic N) is 3. The molecule has 0 aromatic carbocycles. The van der Waals surface area contributed by atoms with E-state index in [9.17, 15) is 0 Å². The second-order valence-corrected chi connectivity index (χ2v) is 7.92. The summed E-state index contributed by atoms with van der Waals surface area (Å²) in [5.41, 5.74) is 0. The van der Waals surface area contributed by atoms with E-state index in [1.54, 1.807) is 0 Å². The molecule has 2 atom stereocenters. The van der Waals surface area contributed by atoms with Gasteiger partial charge in [-0.15, -0.1) is 11.3 Å². The number of hydrogen-bond donors (Lipinski definition) is 1. The Bertz CT molecular complexity index is 459. The SMILES string of the molecule is CC(C)NCc1cnc(N2CCC3C(CCCN3C)C2)s1. The number of likely N-dealkylation sites (tertiary alicyclic amines) is 1. The minimum absolute atomic E-state index is 0.532. The number of fused-ring (bicyclic) bond motifs is 1. The van der Waals surface area contributed by atoms with Gasteiger partial charge in [0.25, 0.3) is 0 Å². The van der Waals surface area contributed by atoms with Gasteiger partial charge >= 0.3 is 0 Å². The number of thiazole rings is 1. The van der Waals surface area contributed by atoms with Crippen LogP contribution in [0.2, 0.25) is 0 Å². The highest BCUT2D eigenvalue weighted by molar-refractivity contribution is 7.15. The predicted molar refractivity (Wildman–Crippen MR) is 90.1 cm³/mol. The lowest BCUT2D eigenvalue weighted by atomic mass is 9.84. The molecule has 1 N–H and O–H groups in total. The molecule has 0 bridgehead atoms. The highest BCUT2D eigenvalue weighted by atomic mass is 32.1. The quantitative estimate of drug-likeness (QED) is 0.926. The smallest absolute Gasteiger partial charge is 0.185 e. The fraction of sp³-hybridized carbons (Fsp3) is 0.812. The molecular formula is C16H28N4S. The van der Waals surface area contributed by atoms with E-state index in [-0.39, 0.29) is 0 Å². The van der Waals surface area contributed by atoms with E-state index < -0.39 is 0 Å². The second-order valence-electron chi connectivity index (χ2n) is 6.83. The Morgan fingerprint density at radius 2 is 2.24 bits per heavy atom. The Hall–Kier alpha value is -0.650. The van der Waals surface area contributed by atoms with E-state index in [4.69, 9.17) is 0 Å². The molecule has 0 aliphatic carbocycles. The van der Waals surface area contributed by atoms with Gasteiger partial charge in [0.15, 0.2) is 5.13 Å². The van der Waals surface area contributed by atoms with Crippen molar-refractivity contribution in [2.75, 3.05) is 31.6 Å². The average molecular weight is 308 g/mol. The van der Waals surface area contributed by atoms with Crippen molar-refractivity contribution in [3.63, 3.8) is 0 Å². The summed E-state index contributed by atoms with van der Waals surface area (Å²) in [7, 11) is 2.30. The van der Waals surface area contributed by atoms with Gasteiger partial charge in [0.05, 0.1) is 0 Å². The van der Waals surface area contributed by atoms with Crippen molar-refractivity contribution in [1.82, 2.24) is 15.2 Å². The van der Waals surface area contributed by atoms with E-state index in [0.717, 1.165) is 25.0 Å². The molecule has 3 heterocycles. The molecule has 21 heavy (non-hydrogen) atoms. The first-order chi connectivity index (χ1) is 10.1. The molecule has 2 fully saturated rings. The molecular weight excluding hydrogens is 280 g/mol. The Labute approximate surface area is 132 Å². The summed E-state index contributed by atoms with van der Waals surface area (Å²) in [5, 5.41) is 4.70. The van der Waals surface area contributed by atoms with Gasteiger partial charge < -0.3 is 15.1 Å². The first kappa shape index (κ1) is 15.3. The van der Waals surface area contributed by atoms with Crippen LogP contribution in [-0.2, 0) is 6.54 Å². The summed E-state index contributed by atoms with van der Waals surface area (Å²) in [6.07, 6.45) is 6.08. The van der Waals surface area contributed by atoms with Crippen molar-refractivity contribution in [3.8, 4) is 0 Å². The van der Waals surface area contributed by atoms with E-state index in [1.807, 2.05) is 11.3 Å². The minimum Gasteiger partial charge on any atom is -0.348 e. The van der Waals surface area contributed by atoms with Crippen molar-refractivity contribution in [2.45, 2.75) is 51.7 Å². The lowest BCUT2D eigenvalue weighted by Crippen LogP contribution is -2.52. The molecule has 0 amide bonds. The second kappa shape index (κ2) is 6.63. The molecule has 3 rings (SSSR count). The number of piperidine rings is 2. The van der Waals surface area contributed by atoms with Crippen molar-refractivity contribution in [2.24, 2.45) is 5.92 Å². The summed E-state index contributed by atoms with van der Waals surface area (Å²) < 4.78 is 0. The Kier molecular flexibility index (Phi) is 4.82. The Morgan fingerprint density at radius 3 is 3.05 bits per heavy atom. The molecule has 2 unspecified atom stereocenters. The third-order valence-corrected chi connectivity index (χ3v) is 5.90. The van der Waals surface area contributed by atoms with Gasteiger partial charge in [-0.25, -0.2) is 4.98 Å². The number of rotatable bonds is 4. The van der Waals surface area contributed by atoms with Crippen LogP contribution in [0.3, 0.4) is 0 Å². The molecule has 1 aromatic heterocycles. The summed E-state index contributed by atoms with van der Waals surface area (Å²) in [4.78, 5) is 11.1. The van der Waals surface area contributed by atoms with Crippen LogP contribution in [0.25, 0.3) is 0 Å². The summed E-state index contributed by atoms with van der Waals surface area (Å²) in [5.74, 6) is 0.832. The molecule has 1 aromatic rings. The van der Waals surface area contributed by atoms with E-state index in [2.05, 4.69) is 47.2 Å². The van der Waals surface area contributed by atoms with Crippen LogP contribution in [0, 0.1) is 5.92 Å². The van der Waals surface area contributed by atoms with Crippen LogP contribution in [0.15, 0.2) is 6.20 Å². The summed E-state index contributed by atoms with van der Waals surface area (Å²) >= 11 is 1.86. The van der Waals surface area contributed by atoms with E-state index in [1.165, 1.54) is 42.4 Å². The normalized spacial score (nSPS) is 27.1. The minimum atomic E-state index is 0.532. The van der Waals surface area contributed by atoms with Gasteiger partial charge in [-0.05, 0) is 38.8 Å². The molecule has 4 nitrogen and oxygen atoms in total. The number of hydrogen-bond acceptors (Lipinski definition) is 5. The van der Waals surface area contributed by atoms with Crippen molar-refractivity contribution in [3.05, 3.63) is 11.1 Å². The van der Waals surface area contributed by atoms with Crippen LogP contribution in [0.4, 0.5) is 5.13 Å². The predicted octanol–water partition coefficient (Wildman–Crippen LogP) is 2.56. The van der Waals surface area contributed by atoms with Crippen molar-refractivity contribution < 1.29 is 0 Å². The molecule has 0 saturated carbocycles. The number of nitrogens with one attached hydrogen (secondary N) is 1. The molecule has 0 spiro atoms. The zero-order valence-electron chi connectivity index (χ0n) is 13.5. The topological polar surface area (TPSA) is 31.4 Å². The number of aromatic nitrogens is 1. The highest BCUT2D eigenvalue weighted by Gasteiger charge is 2.34. The zero-order chi connectivity index (χ0) is 14.8. The maximum absolute atomic E-state index is 4.67. The maximum atomic E-state index is 4.67. The maximum Gasteiger partial charge on any atom is 0.185 e. The van der Waals surface area contributed by atoms with Crippen LogP contribution >= 0.6 is 11.3 Å². The van der Waals surface area contributed by atoms with Crippen LogP contribution in [0.1, 0.15) is 38.0 Å². The molecule has 118 valence electrons. The summed E-state index contributed by atoms with van der Waals surface area (Å²) in [6, 6.07) is 1.33. The van der Waals surface area contributed by atoms with E-state index >= 15 is 0 Å². The zero-order valence-corrected chi connectivity index (χ0v) is 14.3.